The lowest BCUT2D eigenvalue weighted by atomic mass is 10.2. The molecule has 0 saturated heterocycles. The SMILES string of the molecule is Cc1csc(Cc2nc(N)c(CC(=O)O)c(=O)[nH]2)n1. The van der Waals surface area contributed by atoms with Gasteiger partial charge in [0.15, 0.2) is 0 Å². The van der Waals surface area contributed by atoms with Gasteiger partial charge in [-0.1, -0.05) is 0 Å². The molecule has 0 unspecified atom stereocenters. The minimum atomic E-state index is -1.12. The highest BCUT2D eigenvalue weighted by Gasteiger charge is 2.13. The largest absolute Gasteiger partial charge is 0.481 e. The summed E-state index contributed by atoms with van der Waals surface area (Å²) in [5.74, 6) is -0.789. The van der Waals surface area contributed by atoms with Crippen molar-refractivity contribution in [2.75, 3.05) is 5.73 Å². The summed E-state index contributed by atoms with van der Waals surface area (Å²) in [6, 6.07) is 0. The number of carbonyl (C=O) groups is 1. The van der Waals surface area contributed by atoms with Crippen molar-refractivity contribution in [1.82, 2.24) is 15.0 Å². The molecule has 19 heavy (non-hydrogen) atoms. The molecule has 0 amide bonds. The lowest BCUT2D eigenvalue weighted by Gasteiger charge is -2.04. The number of aryl methyl sites for hydroxylation is 1. The summed E-state index contributed by atoms with van der Waals surface area (Å²) in [7, 11) is 0. The van der Waals surface area contributed by atoms with Crippen LogP contribution in [0.15, 0.2) is 10.2 Å². The first-order valence-corrected chi connectivity index (χ1v) is 6.34. The topological polar surface area (TPSA) is 122 Å². The number of carboxylic acid groups (broad SMARTS) is 1. The van der Waals surface area contributed by atoms with Crippen LogP contribution in [0, 0.1) is 6.92 Å². The number of aromatic amines is 1. The van der Waals surface area contributed by atoms with Gasteiger partial charge in [0.2, 0.25) is 0 Å². The van der Waals surface area contributed by atoms with Gasteiger partial charge in [-0.25, -0.2) is 9.97 Å². The van der Waals surface area contributed by atoms with E-state index in [4.69, 9.17) is 10.8 Å². The summed E-state index contributed by atoms with van der Waals surface area (Å²) in [4.78, 5) is 33.2. The molecule has 0 aliphatic carbocycles. The molecule has 0 atom stereocenters. The van der Waals surface area contributed by atoms with E-state index in [0.717, 1.165) is 10.7 Å². The van der Waals surface area contributed by atoms with Gasteiger partial charge in [0.05, 0.1) is 18.4 Å². The second kappa shape index (κ2) is 5.19. The molecular weight excluding hydrogens is 268 g/mol. The van der Waals surface area contributed by atoms with Crippen LogP contribution in [-0.2, 0) is 17.6 Å². The molecule has 0 radical (unpaired) electrons. The summed E-state index contributed by atoms with van der Waals surface area (Å²) in [6.07, 6.45) is -0.0733. The summed E-state index contributed by atoms with van der Waals surface area (Å²) in [5, 5.41) is 11.4. The van der Waals surface area contributed by atoms with Crippen molar-refractivity contribution in [1.29, 1.82) is 0 Å². The van der Waals surface area contributed by atoms with E-state index in [2.05, 4.69) is 15.0 Å². The van der Waals surface area contributed by atoms with Gasteiger partial charge >= 0.3 is 5.97 Å². The number of thiazole rings is 1. The Labute approximate surface area is 112 Å². The van der Waals surface area contributed by atoms with E-state index >= 15 is 0 Å². The second-order valence-electron chi connectivity index (χ2n) is 4.01. The smallest absolute Gasteiger partial charge is 0.308 e. The van der Waals surface area contributed by atoms with Gasteiger partial charge in [-0.15, -0.1) is 11.3 Å². The zero-order chi connectivity index (χ0) is 14.0. The average Bonchev–Trinajstić information content (AvgIpc) is 2.69. The van der Waals surface area contributed by atoms with E-state index in [-0.39, 0.29) is 11.4 Å². The van der Waals surface area contributed by atoms with Crippen molar-refractivity contribution in [2.24, 2.45) is 0 Å². The van der Waals surface area contributed by atoms with Gasteiger partial charge in [0.1, 0.15) is 16.6 Å². The first-order chi connectivity index (χ1) is 8.95. The number of nitrogens with one attached hydrogen (secondary N) is 1. The van der Waals surface area contributed by atoms with Crippen LogP contribution >= 0.6 is 11.3 Å². The van der Waals surface area contributed by atoms with Crippen LogP contribution in [0.1, 0.15) is 22.1 Å². The molecule has 2 heterocycles. The first-order valence-electron chi connectivity index (χ1n) is 5.46. The predicted octanol–water partition coefficient (Wildman–Crippen LogP) is 0.335. The quantitative estimate of drug-likeness (QED) is 0.742. The van der Waals surface area contributed by atoms with E-state index in [1.807, 2.05) is 12.3 Å². The molecule has 4 N–H and O–H groups in total. The Kier molecular flexibility index (Phi) is 3.61. The predicted molar refractivity (Wildman–Crippen MR) is 70.3 cm³/mol. The lowest BCUT2D eigenvalue weighted by molar-refractivity contribution is -0.136. The molecule has 2 aromatic rings. The maximum Gasteiger partial charge on any atom is 0.308 e. The van der Waals surface area contributed by atoms with Crippen molar-refractivity contribution in [2.45, 2.75) is 19.8 Å². The number of aliphatic carboxylic acids is 1. The van der Waals surface area contributed by atoms with Gasteiger partial charge in [-0.3, -0.25) is 9.59 Å². The van der Waals surface area contributed by atoms with Crippen LogP contribution in [0.4, 0.5) is 5.82 Å². The number of nitrogen functional groups attached to an aromatic ring is 1. The van der Waals surface area contributed by atoms with Crippen LogP contribution in [-0.4, -0.2) is 26.0 Å². The van der Waals surface area contributed by atoms with Gasteiger partial charge in [-0.2, -0.15) is 0 Å². The third-order valence-corrected chi connectivity index (χ3v) is 3.38. The van der Waals surface area contributed by atoms with E-state index in [9.17, 15) is 9.59 Å². The molecule has 0 bridgehead atoms. The molecule has 2 rings (SSSR count). The zero-order valence-electron chi connectivity index (χ0n) is 10.1. The maximum atomic E-state index is 11.7. The molecule has 2 aromatic heterocycles. The highest BCUT2D eigenvalue weighted by molar-refractivity contribution is 7.09. The fourth-order valence-electron chi connectivity index (χ4n) is 1.60. The Morgan fingerprint density at radius 1 is 1.53 bits per heavy atom. The fraction of sp³-hybridized carbons (Fsp3) is 0.273. The molecular formula is C11H12N4O3S. The Balaban J connectivity index is 2.29. The van der Waals surface area contributed by atoms with Crippen molar-refractivity contribution in [3.63, 3.8) is 0 Å². The molecule has 100 valence electrons. The lowest BCUT2D eigenvalue weighted by Crippen LogP contribution is -2.22. The Hall–Kier alpha value is -2.22. The molecule has 0 fully saturated rings. The number of nitrogens with zero attached hydrogens (tertiary/aromatic N) is 2. The summed E-state index contributed by atoms with van der Waals surface area (Å²) in [6.45, 7) is 1.88. The number of hydrogen-bond donors (Lipinski definition) is 3. The summed E-state index contributed by atoms with van der Waals surface area (Å²) < 4.78 is 0. The number of H-pyrrole nitrogens is 1. The first kappa shape index (κ1) is 13.2. The number of anilines is 1. The second-order valence-corrected chi connectivity index (χ2v) is 4.95. The number of nitrogens with two attached hydrogens (primary N) is 1. The fourth-order valence-corrected chi connectivity index (χ4v) is 2.37. The number of carboxylic acids is 1. The highest BCUT2D eigenvalue weighted by atomic mass is 32.1. The van der Waals surface area contributed by atoms with Gasteiger partial charge in [0, 0.05) is 11.1 Å². The molecule has 0 aromatic carbocycles. The third kappa shape index (κ3) is 3.16. The summed E-state index contributed by atoms with van der Waals surface area (Å²) in [5.41, 5.74) is 5.98. The van der Waals surface area contributed by atoms with Gasteiger partial charge in [-0.05, 0) is 6.92 Å². The molecule has 0 spiro atoms. The van der Waals surface area contributed by atoms with Crippen LogP contribution < -0.4 is 11.3 Å². The van der Waals surface area contributed by atoms with E-state index < -0.39 is 17.9 Å². The van der Waals surface area contributed by atoms with Crippen LogP contribution in [0.3, 0.4) is 0 Å². The maximum absolute atomic E-state index is 11.7. The van der Waals surface area contributed by atoms with E-state index in [1.165, 1.54) is 11.3 Å². The Morgan fingerprint density at radius 2 is 2.26 bits per heavy atom. The van der Waals surface area contributed by atoms with Gasteiger partial charge in [0.25, 0.3) is 5.56 Å². The van der Waals surface area contributed by atoms with Crippen LogP contribution in [0.2, 0.25) is 0 Å². The third-order valence-electron chi connectivity index (χ3n) is 2.41. The monoisotopic (exact) mass is 280 g/mol. The number of rotatable bonds is 4. The highest BCUT2D eigenvalue weighted by Crippen LogP contribution is 2.13. The van der Waals surface area contributed by atoms with E-state index in [1.54, 1.807) is 0 Å². The molecule has 8 heteroatoms. The Bertz CT molecular complexity index is 677. The van der Waals surface area contributed by atoms with Crippen LogP contribution in [0.25, 0.3) is 0 Å². The number of hydrogen-bond acceptors (Lipinski definition) is 6. The van der Waals surface area contributed by atoms with Crippen molar-refractivity contribution in [3.8, 4) is 0 Å². The number of aromatic nitrogens is 3. The molecule has 0 aliphatic rings. The molecule has 0 aliphatic heterocycles. The molecule has 0 saturated carbocycles. The van der Waals surface area contributed by atoms with Crippen molar-refractivity contribution >= 4 is 23.1 Å². The average molecular weight is 280 g/mol. The summed E-state index contributed by atoms with van der Waals surface area (Å²) >= 11 is 1.46. The van der Waals surface area contributed by atoms with Crippen LogP contribution in [0.5, 0.6) is 0 Å². The minimum Gasteiger partial charge on any atom is -0.481 e. The standard InChI is InChI=1S/C11H12N4O3S/c1-5-4-19-8(13-5)3-7-14-10(12)6(2-9(16)17)11(18)15-7/h4H,2-3H2,1H3,(H,16,17)(H3,12,14,15,18). The van der Waals surface area contributed by atoms with Crippen molar-refractivity contribution in [3.05, 3.63) is 37.8 Å². The van der Waals surface area contributed by atoms with Crippen molar-refractivity contribution < 1.29 is 9.90 Å². The minimum absolute atomic E-state index is 0.0217. The normalized spacial score (nSPS) is 10.6. The van der Waals surface area contributed by atoms with E-state index in [0.29, 0.717) is 12.2 Å². The Morgan fingerprint density at radius 3 is 2.79 bits per heavy atom. The zero-order valence-corrected chi connectivity index (χ0v) is 11.0. The molecule has 7 nitrogen and oxygen atoms in total. The van der Waals surface area contributed by atoms with Gasteiger partial charge < -0.3 is 15.8 Å².